The number of ether oxygens (including phenoxy) is 1. The molecule has 0 radical (unpaired) electrons. The lowest BCUT2D eigenvalue weighted by Gasteiger charge is -2.24. The highest BCUT2D eigenvalue weighted by Gasteiger charge is 2.47. The predicted octanol–water partition coefficient (Wildman–Crippen LogP) is -0.235. The topological polar surface area (TPSA) is 49.7 Å². The molecule has 2 fully saturated rings. The Balaban J connectivity index is 2.08. The van der Waals surface area contributed by atoms with Crippen LogP contribution in [0.25, 0.3) is 0 Å². The summed E-state index contributed by atoms with van der Waals surface area (Å²) in [5, 5.41) is 18.0. The Morgan fingerprint density at radius 3 is 1.82 bits per heavy atom. The lowest BCUT2D eigenvalue weighted by molar-refractivity contribution is 0.0764. The predicted molar refractivity (Wildman–Crippen MR) is 39.0 cm³/mol. The minimum atomic E-state index is 0.159. The van der Waals surface area contributed by atoms with Crippen molar-refractivity contribution < 1.29 is 14.9 Å². The first-order chi connectivity index (χ1) is 5.36. The van der Waals surface area contributed by atoms with Gasteiger partial charge in [0, 0.05) is 25.0 Å². The highest BCUT2D eigenvalue weighted by molar-refractivity contribution is 4.95. The molecule has 0 spiro atoms. The van der Waals surface area contributed by atoms with Crippen molar-refractivity contribution in [3.05, 3.63) is 0 Å². The number of hydrogen-bond donors (Lipinski definition) is 2. The second-order valence-corrected chi connectivity index (χ2v) is 3.48. The molecule has 4 atom stereocenters. The third-order valence-corrected chi connectivity index (χ3v) is 3.01. The maximum atomic E-state index is 9.00. The van der Waals surface area contributed by atoms with Gasteiger partial charge in [0.1, 0.15) is 0 Å². The molecule has 2 aliphatic rings. The lowest BCUT2D eigenvalue weighted by atomic mass is 9.80. The molecule has 0 unspecified atom stereocenters. The minimum absolute atomic E-state index is 0.159. The van der Waals surface area contributed by atoms with Gasteiger partial charge in [0.15, 0.2) is 0 Å². The first-order valence-corrected chi connectivity index (χ1v) is 4.24. The highest BCUT2D eigenvalue weighted by atomic mass is 16.5. The van der Waals surface area contributed by atoms with Crippen LogP contribution in [0.3, 0.4) is 0 Å². The van der Waals surface area contributed by atoms with Gasteiger partial charge in [-0.3, -0.25) is 0 Å². The van der Waals surface area contributed by atoms with E-state index < -0.39 is 0 Å². The fourth-order valence-electron chi connectivity index (χ4n) is 2.38. The second kappa shape index (κ2) is 2.73. The van der Waals surface area contributed by atoms with E-state index in [2.05, 4.69) is 0 Å². The molecule has 0 saturated carbocycles. The van der Waals surface area contributed by atoms with Crippen LogP contribution in [0.2, 0.25) is 0 Å². The van der Waals surface area contributed by atoms with Crippen molar-refractivity contribution in [1.29, 1.82) is 0 Å². The zero-order valence-electron chi connectivity index (χ0n) is 6.44. The zero-order chi connectivity index (χ0) is 7.84. The van der Waals surface area contributed by atoms with E-state index in [9.17, 15) is 0 Å². The summed E-state index contributed by atoms with van der Waals surface area (Å²) in [4.78, 5) is 0. The first-order valence-electron chi connectivity index (χ1n) is 4.24. The Bertz CT molecular complexity index is 132. The average molecular weight is 158 g/mol. The standard InChI is InChI=1S/C8H14O3/c9-3-5-6(4-10)8-2-1-7(5)11-8/h5-10H,1-4H2/t5-,6+,7-,8-/m1/s1. The number of aliphatic hydroxyl groups is 2. The van der Waals surface area contributed by atoms with Gasteiger partial charge in [0.2, 0.25) is 0 Å². The van der Waals surface area contributed by atoms with Crippen LogP contribution in [0.4, 0.5) is 0 Å². The van der Waals surface area contributed by atoms with E-state index in [0.29, 0.717) is 0 Å². The third-order valence-electron chi connectivity index (χ3n) is 3.01. The van der Waals surface area contributed by atoms with Crippen LogP contribution in [0.5, 0.6) is 0 Å². The van der Waals surface area contributed by atoms with Gasteiger partial charge in [-0.25, -0.2) is 0 Å². The molecule has 0 aromatic carbocycles. The van der Waals surface area contributed by atoms with E-state index in [1.54, 1.807) is 0 Å². The van der Waals surface area contributed by atoms with Crippen LogP contribution in [0, 0.1) is 11.8 Å². The molecular weight excluding hydrogens is 144 g/mol. The van der Waals surface area contributed by atoms with Gasteiger partial charge in [-0.1, -0.05) is 0 Å². The lowest BCUT2D eigenvalue weighted by Crippen LogP contribution is -2.32. The van der Waals surface area contributed by atoms with Crippen LogP contribution in [0.15, 0.2) is 0 Å². The SMILES string of the molecule is OC[C@@H]1[C@H](CO)[C@H]2CC[C@H]1O2. The van der Waals surface area contributed by atoms with E-state index in [1.807, 2.05) is 0 Å². The van der Waals surface area contributed by atoms with Gasteiger partial charge < -0.3 is 14.9 Å². The summed E-state index contributed by atoms with van der Waals surface area (Å²) in [7, 11) is 0. The normalized spacial score (nSPS) is 48.5. The molecule has 0 aliphatic carbocycles. The largest absolute Gasteiger partial charge is 0.396 e. The maximum Gasteiger partial charge on any atom is 0.0634 e. The molecule has 2 bridgehead atoms. The Labute approximate surface area is 66.0 Å². The van der Waals surface area contributed by atoms with Gasteiger partial charge in [-0.15, -0.1) is 0 Å². The molecule has 0 amide bonds. The third kappa shape index (κ3) is 0.991. The Morgan fingerprint density at radius 2 is 1.45 bits per heavy atom. The van der Waals surface area contributed by atoms with E-state index in [4.69, 9.17) is 14.9 Å². The average Bonchev–Trinajstić information content (AvgIpc) is 2.60. The monoisotopic (exact) mass is 158 g/mol. The Hall–Kier alpha value is -0.120. The summed E-state index contributed by atoms with van der Waals surface area (Å²) in [6.07, 6.45) is 2.57. The number of hydrogen-bond acceptors (Lipinski definition) is 3. The Morgan fingerprint density at radius 1 is 1.00 bits per heavy atom. The summed E-state index contributed by atoms with van der Waals surface area (Å²) >= 11 is 0. The van der Waals surface area contributed by atoms with Gasteiger partial charge in [-0.05, 0) is 12.8 Å². The highest BCUT2D eigenvalue weighted by Crippen LogP contribution is 2.42. The molecule has 2 saturated heterocycles. The minimum Gasteiger partial charge on any atom is -0.396 e. The van der Waals surface area contributed by atoms with Crippen molar-refractivity contribution in [1.82, 2.24) is 0 Å². The van der Waals surface area contributed by atoms with E-state index in [1.165, 1.54) is 0 Å². The molecule has 2 aliphatic heterocycles. The molecule has 3 heteroatoms. The van der Waals surface area contributed by atoms with Gasteiger partial charge in [0.25, 0.3) is 0 Å². The van der Waals surface area contributed by atoms with Crippen molar-refractivity contribution in [2.45, 2.75) is 25.0 Å². The second-order valence-electron chi connectivity index (χ2n) is 3.48. The summed E-state index contributed by atoms with van der Waals surface area (Å²) < 4.78 is 5.56. The summed E-state index contributed by atoms with van der Waals surface area (Å²) in [5.74, 6) is 0.387. The molecule has 0 aromatic rings. The van der Waals surface area contributed by atoms with Crippen molar-refractivity contribution in [2.24, 2.45) is 11.8 Å². The summed E-state index contributed by atoms with van der Waals surface area (Å²) in [6.45, 7) is 0.318. The van der Waals surface area contributed by atoms with Gasteiger partial charge in [0.05, 0.1) is 12.2 Å². The summed E-state index contributed by atoms with van der Waals surface area (Å²) in [6, 6.07) is 0. The van der Waals surface area contributed by atoms with Crippen molar-refractivity contribution in [3.63, 3.8) is 0 Å². The molecule has 2 N–H and O–H groups in total. The molecule has 3 nitrogen and oxygen atoms in total. The zero-order valence-corrected chi connectivity index (χ0v) is 6.44. The maximum absolute atomic E-state index is 9.00. The van der Waals surface area contributed by atoms with Gasteiger partial charge >= 0.3 is 0 Å². The Kier molecular flexibility index (Phi) is 1.87. The first kappa shape index (κ1) is 7.53. The fourth-order valence-corrected chi connectivity index (χ4v) is 2.38. The van der Waals surface area contributed by atoms with Crippen LogP contribution < -0.4 is 0 Å². The molecule has 2 rings (SSSR count). The molecular formula is C8H14O3. The van der Waals surface area contributed by atoms with E-state index >= 15 is 0 Å². The van der Waals surface area contributed by atoms with Crippen molar-refractivity contribution in [2.75, 3.05) is 13.2 Å². The van der Waals surface area contributed by atoms with Crippen molar-refractivity contribution >= 4 is 0 Å². The molecule has 11 heavy (non-hydrogen) atoms. The number of fused-ring (bicyclic) bond motifs is 2. The quantitative estimate of drug-likeness (QED) is 0.583. The van der Waals surface area contributed by atoms with Crippen LogP contribution in [0.1, 0.15) is 12.8 Å². The number of aliphatic hydroxyl groups excluding tert-OH is 2. The van der Waals surface area contributed by atoms with Crippen molar-refractivity contribution in [3.8, 4) is 0 Å². The van der Waals surface area contributed by atoms with Crippen LogP contribution >= 0.6 is 0 Å². The fraction of sp³-hybridized carbons (Fsp3) is 1.00. The molecule has 2 heterocycles. The van der Waals surface area contributed by atoms with E-state index in [0.717, 1.165) is 12.8 Å². The summed E-state index contributed by atoms with van der Waals surface area (Å²) in [5.41, 5.74) is 0. The van der Waals surface area contributed by atoms with E-state index in [-0.39, 0.29) is 37.3 Å². The van der Waals surface area contributed by atoms with Crippen LogP contribution in [-0.2, 0) is 4.74 Å². The molecule has 0 aromatic heterocycles. The number of rotatable bonds is 2. The van der Waals surface area contributed by atoms with Gasteiger partial charge in [-0.2, -0.15) is 0 Å². The molecule has 64 valence electrons. The smallest absolute Gasteiger partial charge is 0.0634 e. The van der Waals surface area contributed by atoms with Crippen LogP contribution in [-0.4, -0.2) is 35.6 Å².